The van der Waals surface area contributed by atoms with Gasteiger partial charge in [0.15, 0.2) is 0 Å². The fraction of sp³-hybridized carbons (Fsp3) is 0.545. The van der Waals surface area contributed by atoms with Crippen LogP contribution in [0.2, 0.25) is 5.02 Å². The zero-order valence-corrected chi connectivity index (χ0v) is 18.8. The highest BCUT2D eigenvalue weighted by atomic mass is 35.5. The Kier molecular flexibility index (Phi) is 6.00. The molecular formula is C22H31ClN2O2S. The van der Waals surface area contributed by atoms with E-state index in [0.717, 1.165) is 23.4 Å². The monoisotopic (exact) mass is 422 g/mol. The second kappa shape index (κ2) is 7.85. The number of nitrogens with two attached hydrogens (primary N) is 1. The van der Waals surface area contributed by atoms with Crippen molar-refractivity contribution < 1.29 is 8.42 Å². The topological polar surface area (TPSA) is 65.1 Å². The van der Waals surface area contributed by atoms with Gasteiger partial charge in [0, 0.05) is 23.0 Å². The lowest BCUT2D eigenvalue weighted by Crippen LogP contribution is -2.17. The Morgan fingerprint density at radius 3 is 2.32 bits per heavy atom. The van der Waals surface area contributed by atoms with Gasteiger partial charge in [-0.3, -0.25) is 0 Å². The number of rotatable bonds is 4. The molecule has 1 fully saturated rings. The maximum absolute atomic E-state index is 12.2. The minimum absolute atomic E-state index is 0.0573. The molecule has 28 heavy (non-hydrogen) atoms. The van der Waals surface area contributed by atoms with Crippen LogP contribution in [0.15, 0.2) is 29.2 Å². The first-order chi connectivity index (χ1) is 13.0. The number of hydrogen-bond donors (Lipinski definition) is 1. The van der Waals surface area contributed by atoms with E-state index in [4.69, 9.17) is 16.7 Å². The first-order valence-corrected chi connectivity index (χ1v) is 11.9. The van der Waals surface area contributed by atoms with E-state index in [1.807, 2.05) is 19.1 Å². The molecule has 1 aromatic heterocycles. The van der Waals surface area contributed by atoms with Crippen molar-refractivity contribution in [1.82, 2.24) is 4.57 Å². The van der Waals surface area contributed by atoms with Gasteiger partial charge in [0.1, 0.15) is 4.90 Å². The lowest BCUT2D eigenvalue weighted by atomic mass is 9.86. The number of nitrogens with zero attached hydrogens (tertiary/aromatic N) is 1. The Morgan fingerprint density at radius 1 is 1.11 bits per heavy atom. The molecule has 1 aliphatic carbocycles. The van der Waals surface area contributed by atoms with Gasteiger partial charge in [-0.1, -0.05) is 51.6 Å². The summed E-state index contributed by atoms with van der Waals surface area (Å²) in [6.45, 7) is 9.09. The van der Waals surface area contributed by atoms with Crippen LogP contribution in [-0.2, 0) is 22.0 Å². The molecule has 0 bridgehead atoms. The molecule has 6 heteroatoms. The molecular weight excluding hydrogens is 392 g/mol. The average Bonchev–Trinajstić information content (AvgIpc) is 2.91. The third-order valence-corrected chi connectivity index (χ3v) is 7.10. The highest BCUT2D eigenvalue weighted by Crippen LogP contribution is 2.36. The number of halogens is 1. The Labute approximate surface area is 174 Å². The summed E-state index contributed by atoms with van der Waals surface area (Å²) in [6.07, 6.45) is 6.15. The van der Waals surface area contributed by atoms with Crippen molar-refractivity contribution in [3.8, 4) is 11.3 Å². The number of sulfonamides is 1. The summed E-state index contributed by atoms with van der Waals surface area (Å²) in [5, 5.41) is 6.17. The number of aromatic nitrogens is 1. The van der Waals surface area contributed by atoms with E-state index in [2.05, 4.69) is 31.4 Å². The minimum Gasteiger partial charge on any atom is -0.343 e. The highest BCUT2D eigenvalue weighted by molar-refractivity contribution is 7.89. The van der Waals surface area contributed by atoms with Crippen LogP contribution < -0.4 is 5.14 Å². The average molecular weight is 423 g/mol. The van der Waals surface area contributed by atoms with Crippen molar-refractivity contribution in [2.75, 3.05) is 0 Å². The van der Waals surface area contributed by atoms with E-state index < -0.39 is 10.0 Å². The summed E-state index contributed by atoms with van der Waals surface area (Å²) in [6, 6.07) is 7.72. The van der Waals surface area contributed by atoms with Crippen molar-refractivity contribution in [2.45, 2.75) is 76.7 Å². The van der Waals surface area contributed by atoms with Gasteiger partial charge < -0.3 is 4.57 Å². The maximum atomic E-state index is 12.2. The molecule has 0 atom stereocenters. The molecule has 2 N–H and O–H groups in total. The standard InChI is InChI=1S/C22H31ClN2O2S/c1-15-21(28(24,26)27)13-20(25(15)14-16-8-6-5-7-9-16)17-10-18(22(2,3)4)12-19(23)11-17/h10-13,16H,5-9,14H2,1-4H3,(H2,24,26,27). The van der Waals surface area contributed by atoms with Gasteiger partial charge in [0.2, 0.25) is 10.0 Å². The van der Waals surface area contributed by atoms with Gasteiger partial charge in [-0.15, -0.1) is 0 Å². The van der Waals surface area contributed by atoms with Crippen molar-refractivity contribution in [1.29, 1.82) is 0 Å². The third-order valence-electron chi connectivity index (χ3n) is 5.85. The van der Waals surface area contributed by atoms with Crippen molar-refractivity contribution in [3.05, 3.63) is 40.5 Å². The lowest BCUT2D eigenvalue weighted by molar-refractivity contribution is 0.318. The quantitative estimate of drug-likeness (QED) is 0.692. The minimum atomic E-state index is -3.79. The third kappa shape index (κ3) is 4.64. The SMILES string of the molecule is Cc1c(S(N)(=O)=O)cc(-c2cc(Cl)cc(C(C)(C)C)c2)n1CC1CCCCC1. The predicted molar refractivity (Wildman–Crippen MR) is 116 cm³/mol. The summed E-state index contributed by atoms with van der Waals surface area (Å²) in [4.78, 5) is 0.204. The molecule has 3 rings (SSSR count). The summed E-state index contributed by atoms with van der Waals surface area (Å²) in [7, 11) is -3.79. The van der Waals surface area contributed by atoms with Crippen LogP contribution >= 0.6 is 11.6 Å². The van der Waals surface area contributed by atoms with E-state index in [0.29, 0.717) is 16.6 Å². The zero-order chi connectivity index (χ0) is 20.7. The van der Waals surface area contributed by atoms with Gasteiger partial charge in [0.05, 0.1) is 0 Å². The molecule has 0 amide bonds. The Morgan fingerprint density at radius 2 is 1.75 bits per heavy atom. The van der Waals surface area contributed by atoms with Crippen molar-refractivity contribution in [3.63, 3.8) is 0 Å². The summed E-state index contributed by atoms with van der Waals surface area (Å²) in [5.41, 5.74) is 3.58. The maximum Gasteiger partial charge on any atom is 0.239 e. The van der Waals surface area contributed by atoms with Crippen LogP contribution in [0.25, 0.3) is 11.3 Å². The predicted octanol–water partition coefficient (Wildman–Crippen LogP) is 5.64. The van der Waals surface area contributed by atoms with Crippen LogP contribution in [-0.4, -0.2) is 13.0 Å². The first-order valence-electron chi connectivity index (χ1n) is 10.0. The van der Waals surface area contributed by atoms with E-state index in [-0.39, 0.29) is 10.3 Å². The molecule has 1 heterocycles. The smallest absolute Gasteiger partial charge is 0.239 e. The Bertz CT molecular complexity index is 965. The van der Waals surface area contributed by atoms with Gasteiger partial charge in [-0.2, -0.15) is 0 Å². The lowest BCUT2D eigenvalue weighted by Gasteiger charge is -2.25. The normalized spacial score (nSPS) is 16.5. The fourth-order valence-corrected chi connectivity index (χ4v) is 5.21. The summed E-state index contributed by atoms with van der Waals surface area (Å²) in [5.74, 6) is 0.563. The van der Waals surface area contributed by atoms with E-state index in [1.54, 1.807) is 6.07 Å². The van der Waals surface area contributed by atoms with Gasteiger partial charge in [0.25, 0.3) is 0 Å². The Balaban J connectivity index is 2.15. The molecule has 1 aromatic carbocycles. The zero-order valence-electron chi connectivity index (χ0n) is 17.3. The molecule has 1 aliphatic rings. The number of hydrogen-bond acceptors (Lipinski definition) is 2. The summed E-state index contributed by atoms with van der Waals surface area (Å²) < 4.78 is 26.5. The van der Waals surface area contributed by atoms with E-state index in [1.165, 1.54) is 32.1 Å². The van der Waals surface area contributed by atoms with Gasteiger partial charge >= 0.3 is 0 Å². The molecule has 0 unspecified atom stereocenters. The van der Waals surface area contributed by atoms with Crippen molar-refractivity contribution >= 4 is 21.6 Å². The second-order valence-electron chi connectivity index (χ2n) is 9.12. The Hall–Kier alpha value is -1.30. The van der Waals surface area contributed by atoms with Crippen LogP contribution in [0.1, 0.15) is 64.1 Å². The molecule has 2 aromatic rings. The number of primary sulfonamides is 1. The molecule has 4 nitrogen and oxygen atoms in total. The molecule has 0 spiro atoms. The largest absolute Gasteiger partial charge is 0.343 e. The van der Waals surface area contributed by atoms with E-state index >= 15 is 0 Å². The van der Waals surface area contributed by atoms with Crippen LogP contribution in [0.5, 0.6) is 0 Å². The van der Waals surface area contributed by atoms with Gasteiger partial charge in [-0.05, 0) is 66.5 Å². The van der Waals surface area contributed by atoms with Gasteiger partial charge in [-0.25, -0.2) is 13.6 Å². The second-order valence-corrected chi connectivity index (χ2v) is 11.1. The molecule has 0 aliphatic heterocycles. The van der Waals surface area contributed by atoms with Crippen LogP contribution in [0.3, 0.4) is 0 Å². The van der Waals surface area contributed by atoms with Crippen molar-refractivity contribution in [2.24, 2.45) is 11.1 Å². The first kappa shape index (κ1) is 21.4. The highest BCUT2D eigenvalue weighted by Gasteiger charge is 2.24. The van der Waals surface area contributed by atoms with E-state index in [9.17, 15) is 8.42 Å². The molecule has 0 radical (unpaired) electrons. The van der Waals surface area contributed by atoms with Crippen LogP contribution in [0.4, 0.5) is 0 Å². The summed E-state index contributed by atoms with van der Waals surface area (Å²) >= 11 is 6.43. The van der Waals surface area contributed by atoms with Crippen LogP contribution in [0, 0.1) is 12.8 Å². The fourth-order valence-electron chi connectivity index (χ4n) is 4.18. The molecule has 154 valence electrons. The molecule has 0 saturated heterocycles. The number of benzene rings is 1. The molecule has 1 saturated carbocycles.